The first kappa shape index (κ1) is 17.1. The van der Waals surface area contributed by atoms with Gasteiger partial charge in [0.2, 0.25) is 0 Å². The molecule has 2 aliphatic rings. The normalized spacial score (nSPS) is 33.6. The van der Waals surface area contributed by atoms with Crippen LogP contribution in [0.5, 0.6) is 0 Å². The zero-order valence-electron chi connectivity index (χ0n) is 13.3. The third-order valence-electron chi connectivity index (χ3n) is 4.99. The summed E-state index contributed by atoms with van der Waals surface area (Å²) in [4.78, 5) is 0. The van der Waals surface area contributed by atoms with Crippen LogP contribution < -0.4 is 10.5 Å². The van der Waals surface area contributed by atoms with E-state index in [1.165, 1.54) is 0 Å². The van der Waals surface area contributed by atoms with E-state index in [4.69, 9.17) is 10.5 Å². The van der Waals surface area contributed by atoms with Crippen LogP contribution in [-0.4, -0.2) is 50.6 Å². The highest BCUT2D eigenvalue weighted by Gasteiger charge is 2.51. The van der Waals surface area contributed by atoms with E-state index in [9.17, 15) is 8.42 Å². The Morgan fingerprint density at radius 2 is 2.10 bits per heavy atom. The van der Waals surface area contributed by atoms with Gasteiger partial charge in [0.05, 0.1) is 6.10 Å². The van der Waals surface area contributed by atoms with Crippen molar-refractivity contribution in [2.45, 2.75) is 64.6 Å². The first-order valence-corrected chi connectivity index (χ1v) is 9.37. The summed E-state index contributed by atoms with van der Waals surface area (Å²) in [5.74, 6) is 0. The quantitative estimate of drug-likeness (QED) is 0.760. The second-order valence-electron chi connectivity index (χ2n) is 6.67. The Bertz CT molecular complexity index is 452. The van der Waals surface area contributed by atoms with E-state index >= 15 is 0 Å². The summed E-state index contributed by atoms with van der Waals surface area (Å²) in [6, 6.07) is -0.137. The highest BCUT2D eigenvalue weighted by Crippen LogP contribution is 2.43. The molecule has 0 aromatic heterocycles. The van der Waals surface area contributed by atoms with Crippen molar-refractivity contribution in [3.63, 3.8) is 0 Å². The molecule has 0 aromatic carbocycles. The smallest absolute Gasteiger partial charge is 0.280 e. The number of nitrogens with one attached hydrogen (secondary N) is 1. The van der Waals surface area contributed by atoms with Crippen molar-refractivity contribution in [2.24, 2.45) is 11.1 Å². The van der Waals surface area contributed by atoms with Gasteiger partial charge < -0.3 is 10.5 Å². The summed E-state index contributed by atoms with van der Waals surface area (Å²) in [6.07, 6.45) is 3.68. The minimum Gasteiger partial charge on any atom is -0.378 e. The van der Waals surface area contributed by atoms with Crippen LogP contribution >= 0.6 is 0 Å². The largest absolute Gasteiger partial charge is 0.378 e. The third-order valence-corrected chi connectivity index (χ3v) is 6.67. The lowest BCUT2D eigenvalue weighted by Gasteiger charge is -2.52. The Balaban J connectivity index is 2.01. The molecule has 0 bridgehead atoms. The van der Waals surface area contributed by atoms with E-state index in [-0.39, 0.29) is 23.6 Å². The molecule has 1 saturated carbocycles. The zero-order valence-corrected chi connectivity index (χ0v) is 14.2. The summed E-state index contributed by atoms with van der Waals surface area (Å²) >= 11 is 0. The topological polar surface area (TPSA) is 84.7 Å². The van der Waals surface area contributed by atoms with Gasteiger partial charge in [-0.05, 0) is 26.2 Å². The van der Waals surface area contributed by atoms with Gasteiger partial charge in [0, 0.05) is 37.2 Å². The van der Waals surface area contributed by atoms with Gasteiger partial charge in [-0.2, -0.15) is 17.4 Å². The zero-order chi connectivity index (χ0) is 15.7. The maximum Gasteiger partial charge on any atom is 0.280 e. The van der Waals surface area contributed by atoms with Crippen molar-refractivity contribution in [3.8, 4) is 0 Å². The SMILES string of the molecule is CCOC1CC(NS(=O)(=O)N2CCCCC2CN)C1(C)C. The first-order chi connectivity index (χ1) is 9.82. The monoisotopic (exact) mass is 319 g/mol. The molecule has 0 radical (unpaired) electrons. The van der Waals surface area contributed by atoms with E-state index in [1.54, 1.807) is 4.31 Å². The lowest BCUT2D eigenvalue weighted by Crippen LogP contribution is -2.64. The van der Waals surface area contributed by atoms with Crippen LogP contribution in [0, 0.1) is 5.41 Å². The summed E-state index contributed by atoms with van der Waals surface area (Å²) < 4.78 is 35.3. The van der Waals surface area contributed by atoms with E-state index in [0.29, 0.717) is 19.7 Å². The molecule has 2 rings (SSSR count). The number of hydrogen-bond donors (Lipinski definition) is 2. The predicted octanol–water partition coefficient (Wildman–Crippen LogP) is 0.838. The molecule has 124 valence electrons. The fraction of sp³-hybridized carbons (Fsp3) is 1.00. The predicted molar refractivity (Wildman–Crippen MR) is 83.1 cm³/mol. The average Bonchev–Trinajstić information content (AvgIpc) is 2.46. The summed E-state index contributed by atoms with van der Waals surface area (Å²) in [5, 5.41) is 0. The number of rotatable bonds is 6. The van der Waals surface area contributed by atoms with E-state index in [0.717, 1.165) is 25.7 Å². The van der Waals surface area contributed by atoms with Gasteiger partial charge in [0.1, 0.15) is 0 Å². The molecule has 1 aliphatic heterocycles. The molecule has 21 heavy (non-hydrogen) atoms. The molecule has 7 heteroatoms. The molecule has 0 aromatic rings. The highest BCUT2D eigenvalue weighted by molar-refractivity contribution is 7.87. The molecule has 0 spiro atoms. The molecule has 0 amide bonds. The van der Waals surface area contributed by atoms with E-state index in [1.807, 2.05) is 6.92 Å². The summed E-state index contributed by atoms with van der Waals surface area (Å²) in [5.41, 5.74) is 5.56. The maximum atomic E-state index is 12.6. The molecule has 3 atom stereocenters. The average molecular weight is 319 g/mol. The minimum absolute atomic E-state index is 0.0675. The molecule has 3 N–H and O–H groups in total. The van der Waals surface area contributed by atoms with Crippen molar-refractivity contribution in [3.05, 3.63) is 0 Å². The Hall–Kier alpha value is -0.210. The molecular formula is C14H29N3O3S. The van der Waals surface area contributed by atoms with Crippen LogP contribution in [0.25, 0.3) is 0 Å². The summed E-state index contributed by atoms with van der Waals surface area (Å²) in [7, 11) is -3.47. The van der Waals surface area contributed by atoms with Crippen LogP contribution in [0.1, 0.15) is 46.5 Å². The molecule has 1 saturated heterocycles. The van der Waals surface area contributed by atoms with Crippen LogP contribution in [-0.2, 0) is 14.9 Å². The van der Waals surface area contributed by atoms with Crippen LogP contribution in [0.2, 0.25) is 0 Å². The second-order valence-corrected chi connectivity index (χ2v) is 8.33. The van der Waals surface area contributed by atoms with Gasteiger partial charge in [0.25, 0.3) is 10.2 Å². The molecule has 3 unspecified atom stereocenters. The molecule has 1 aliphatic carbocycles. The number of hydrogen-bond acceptors (Lipinski definition) is 4. The Labute approximate surface area is 128 Å². The maximum absolute atomic E-state index is 12.6. The summed E-state index contributed by atoms with van der Waals surface area (Å²) in [6.45, 7) is 7.69. The van der Waals surface area contributed by atoms with Gasteiger partial charge in [-0.1, -0.05) is 20.3 Å². The van der Waals surface area contributed by atoms with Gasteiger partial charge in [-0.25, -0.2) is 0 Å². The van der Waals surface area contributed by atoms with Gasteiger partial charge in [0.15, 0.2) is 0 Å². The van der Waals surface area contributed by atoms with Gasteiger partial charge in [-0.3, -0.25) is 0 Å². The van der Waals surface area contributed by atoms with Crippen LogP contribution in [0.3, 0.4) is 0 Å². The molecular weight excluding hydrogens is 290 g/mol. The number of nitrogens with two attached hydrogens (primary N) is 1. The fourth-order valence-electron chi connectivity index (χ4n) is 3.34. The molecule has 1 heterocycles. The van der Waals surface area contributed by atoms with E-state index in [2.05, 4.69) is 18.6 Å². The van der Waals surface area contributed by atoms with Crippen LogP contribution in [0.4, 0.5) is 0 Å². The minimum atomic E-state index is -3.47. The van der Waals surface area contributed by atoms with Crippen molar-refractivity contribution < 1.29 is 13.2 Å². The van der Waals surface area contributed by atoms with Crippen molar-refractivity contribution in [1.29, 1.82) is 0 Å². The number of nitrogens with zero attached hydrogens (tertiary/aromatic N) is 1. The van der Waals surface area contributed by atoms with Crippen LogP contribution in [0.15, 0.2) is 0 Å². The highest BCUT2D eigenvalue weighted by atomic mass is 32.2. The third kappa shape index (κ3) is 3.42. The second kappa shape index (κ2) is 6.50. The first-order valence-electron chi connectivity index (χ1n) is 7.93. The Kier molecular flexibility index (Phi) is 5.31. The Morgan fingerprint density at radius 3 is 2.67 bits per heavy atom. The Morgan fingerprint density at radius 1 is 1.38 bits per heavy atom. The number of ether oxygens (including phenoxy) is 1. The molecule has 2 fully saturated rings. The van der Waals surface area contributed by atoms with Gasteiger partial charge in [-0.15, -0.1) is 0 Å². The number of piperidine rings is 1. The van der Waals surface area contributed by atoms with Crippen molar-refractivity contribution in [1.82, 2.24) is 9.03 Å². The molecule has 6 nitrogen and oxygen atoms in total. The fourth-order valence-corrected chi connectivity index (χ4v) is 5.19. The van der Waals surface area contributed by atoms with E-state index < -0.39 is 10.2 Å². The lowest BCUT2D eigenvalue weighted by molar-refractivity contribution is -0.108. The van der Waals surface area contributed by atoms with Gasteiger partial charge >= 0.3 is 0 Å². The lowest BCUT2D eigenvalue weighted by atomic mass is 9.65. The van der Waals surface area contributed by atoms with Crippen molar-refractivity contribution in [2.75, 3.05) is 19.7 Å². The van der Waals surface area contributed by atoms with Crippen molar-refractivity contribution >= 4 is 10.2 Å². The standard InChI is InChI=1S/C14H29N3O3S/c1-4-20-13-9-12(14(13,2)3)16-21(18,19)17-8-6-5-7-11(17)10-15/h11-13,16H,4-10,15H2,1-3H3.